The lowest BCUT2D eigenvalue weighted by molar-refractivity contribution is -0.167. The first-order valence-electron chi connectivity index (χ1n) is 14.4. The summed E-state index contributed by atoms with van der Waals surface area (Å²) in [6.07, 6.45) is 4.42. The SMILES string of the molecule is CNCCCCOC1C(Cl)CC(C(=O)N[C@@H](Cc2ccccc2)C(=O)OC)C(OC(=O)C2CCCCC2C)C1Cl. The van der Waals surface area contributed by atoms with Crippen LogP contribution < -0.4 is 10.6 Å². The molecule has 224 valence electrons. The number of benzene rings is 1. The monoisotopic (exact) mass is 598 g/mol. The normalized spacial score (nSPS) is 29.3. The van der Waals surface area contributed by atoms with Gasteiger partial charge in [0, 0.05) is 13.0 Å². The largest absolute Gasteiger partial charge is 0.467 e. The van der Waals surface area contributed by atoms with Gasteiger partial charge in [0.1, 0.15) is 12.1 Å². The molecule has 2 N–H and O–H groups in total. The molecule has 2 aliphatic rings. The third kappa shape index (κ3) is 9.07. The number of ether oxygens (including phenoxy) is 3. The van der Waals surface area contributed by atoms with Crippen LogP contribution in [0.2, 0.25) is 0 Å². The minimum atomic E-state index is -0.948. The van der Waals surface area contributed by atoms with Crippen molar-refractivity contribution in [2.24, 2.45) is 17.8 Å². The molecule has 10 heteroatoms. The maximum atomic E-state index is 13.7. The fraction of sp³-hybridized carbons (Fsp3) is 0.700. The zero-order valence-electron chi connectivity index (χ0n) is 23.8. The molecule has 0 aromatic heterocycles. The number of methoxy groups -OCH3 is 1. The highest BCUT2D eigenvalue weighted by atomic mass is 35.5. The van der Waals surface area contributed by atoms with Crippen LogP contribution in [0, 0.1) is 17.8 Å². The van der Waals surface area contributed by atoms with Gasteiger partial charge in [-0.3, -0.25) is 9.59 Å². The summed E-state index contributed by atoms with van der Waals surface area (Å²) in [7, 11) is 3.18. The van der Waals surface area contributed by atoms with E-state index < -0.39 is 46.8 Å². The predicted molar refractivity (Wildman–Crippen MR) is 155 cm³/mol. The third-order valence-electron chi connectivity index (χ3n) is 8.08. The van der Waals surface area contributed by atoms with Crippen molar-refractivity contribution in [3.05, 3.63) is 35.9 Å². The molecule has 1 amide bonds. The maximum Gasteiger partial charge on any atom is 0.328 e. The number of rotatable bonds is 13. The molecule has 0 heterocycles. The number of hydrogen-bond donors (Lipinski definition) is 2. The van der Waals surface area contributed by atoms with Crippen molar-refractivity contribution in [2.75, 3.05) is 27.3 Å². The smallest absolute Gasteiger partial charge is 0.328 e. The number of hydrogen-bond acceptors (Lipinski definition) is 7. The van der Waals surface area contributed by atoms with E-state index in [1.54, 1.807) is 0 Å². The summed E-state index contributed by atoms with van der Waals surface area (Å²) in [6, 6.07) is 8.44. The molecule has 8 atom stereocenters. The second kappa shape index (κ2) is 16.5. The number of unbranched alkanes of at least 4 members (excludes halogenated alkanes) is 1. The highest BCUT2D eigenvalue weighted by Crippen LogP contribution is 2.38. The Morgan fingerprint density at radius 2 is 1.75 bits per heavy atom. The Balaban J connectivity index is 1.78. The number of carbonyl (C=O) groups excluding carboxylic acids is 3. The lowest BCUT2D eigenvalue weighted by atomic mass is 9.80. The molecule has 2 saturated carbocycles. The summed E-state index contributed by atoms with van der Waals surface area (Å²) < 4.78 is 17.1. The molecule has 0 radical (unpaired) electrons. The molecule has 1 aromatic rings. The van der Waals surface area contributed by atoms with Crippen molar-refractivity contribution in [1.82, 2.24) is 10.6 Å². The van der Waals surface area contributed by atoms with Crippen LogP contribution in [0.5, 0.6) is 0 Å². The van der Waals surface area contributed by atoms with Gasteiger partial charge in [-0.15, -0.1) is 23.2 Å². The Labute approximate surface area is 248 Å². The number of nitrogens with one attached hydrogen (secondary N) is 2. The minimum Gasteiger partial charge on any atom is -0.467 e. The number of carbonyl (C=O) groups is 3. The lowest BCUT2D eigenvalue weighted by Crippen LogP contribution is -2.58. The van der Waals surface area contributed by atoms with Gasteiger partial charge in [-0.2, -0.15) is 0 Å². The average Bonchev–Trinajstić information content (AvgIpc) is 2.95. The maximum absolute atomic E-state index is 13.7. The molecule has 8 nitrogen and oxygen atoms in total. The van der Waals surface area contributed by atoms with E-state index in [4.69, 9.17) is 37.4 Å². The van der Waals surface area contributed by atoms with Crippen molar-refractivity contribution in [1.29, 1.82) is 0 Å². The molecular formula is C30H44Cl2N2O6. The molecule has 2 aliphatic carbocycles. The van der Waals surface area contributed by atoms with Crippen LogP contribution in [-0.2, 0) is 35.0 Å². The minimum absolute atomic E-state index is 0.190. The molecule has 0 aliphatic heterocycles. The van der Waals surface area contributed by atoms with Crippen molar-refractivity contribution >= 4 is 41.0 Å². The van der Waals surface area contributed by atoms with E-state index in [-0.39, 0.29) is 30.6 Å². The molecule has 7 unspecified atom stereocenters. The van der Waals surface area contributed by atoms with Crippen molar-refractivity contribution in [2.45, 2.75) is 87.3 Å². The van der Waals surface area contributed by atoms with Gasteiger partial charge < -0.3 is 24.8 Å². The third-order valence-corrected chi connectivity index (χ3v) is 9.00. The van der Waals surface area contributed by atoms with Gasteiger partial charge in [0.2, 0.25) is 5.91 Å². The molecule has 3 rings (SSSR count). The van der Waals surface area contributed by atoms with Crippen LogP contribution in [0.3, 0.4) is 0 Å². The van der Waals surface area contributed by atoms with Gasteiger partial charge in [-0.1, -0.05) is 50.1 Å². The van der Waals surface area contributed by atoms with Crippen LogP contribution in [0.1, 0.15) is 57.4 Å². The van der Waals surface area contributed by atoms with Crippen molar-refractivity contribution in [3.63, 3.8) is 0 Å². The van der Waals surface area contributed by atoms with Gasteiger partial charge in [-0.25, -0.2) is 4.79 Å². The first-order valence-corrected chi connectivity index (χ1v) is 15.3. The van der Waals surface area contributed by atoms with Crippen molar-refractivity contribution < 1.29 is 28.6 Å². The highest BCUT2D eigenvalue weighted by molar-refractivity contribution is 6.25. The van der Waals surface area contributed by atoms with Crippen LogP contribution in [0.25, 0.3) is 0 Å². The molecule has 0 bridgehead atoms. The first kappa shape index (κ1) is 32.6. The Kier molecular flexibility index (Phi) is 13.5. The topological polar surface area (TPSA) is 103 Å². The lowest BCUT2D eigenvalue weighted by Gasteiger charge is -2.42. The Morgan fingerprint density at radius 3 is 2.42 bits per heavy atom. The summed E-state index contributed by atoms with van der Waals surface area (Å²) >= 11 is 13.7. The second-order valence-corrected chi connectivity index (χ2v) is 12.1. The number of amides is 1. The molecule has 2 fully saturated rings. The summed E-state index contributed by atoms with van der Waals surface area (Å²) in [4.78, 5) is 39.7. The number of alkyl halides is 2. The quantitative estimate of drug-likeness (QED) is 0.199. The zero-order valence-corrected chi connectivity index (χ0v) is 25.3. The van der Waals surface area contributed by atoms with E-state index in [2.05, 4.69) is 17.6 Å². The molecular weight excluding hydrogens is 555 g/mol. The van der Waals surface area contributed by atoms with E-state index in [1.165, 1.54) is 7.11 Å². The van der Waals surface area contributed by atoms with Crippen LogP contribution >= 0.6 is 23.2 Å². The number of halogens is 2. The van der Waals surface area contributed by atoms with E-state index in [0.29, 0.717) is 6.61 Å². The van der Waals surface area contributed by atoms with E-state index >= 15 is 0 Å². The number of esters is 2. The van der Waals surface area contributed by atoms with Gasteiger partial charge in [0.05, 0.1) is 35.8 Å². The zero-order chi connectivity index (χ0) is 29.1. The summed E-state index contributed by atoms with van der Waals surface area (Å²) in [6.45, 7) is 3.39. The highest BCUT2D eigenvalue weighted by Gasteiger charge is 2.50. The van der Waals surface area contributed by atoms with Gasteiger partial charge in [-0.05, 0) is 57.2 Å². The van der Waals surface area contributed by atoms with Crippen LogP contribution in [0.15, 0.2) is 30.3 Å². The first-order chi connectivity index (χ1) is 19.3. The van der Waals surface area contributed by atoms with E-state index in [9.17, 15) is 14.4 Å². The molecule has 0 spiro atoms. The van der Waals surface area contributed by atoms with E-state index in [0.717, 1.165) is 50.6 Å². The van der Waals surface area contributed by atoms with Crippen LogP contribution in [0.4, 0.5) is 0 Å². The summed E-state index contributed by atoms with van der Waals surface area (Å²) in [5.41, 5.74) is 0.869. The summed E-state index contributed by atoms with van der Waals surface area (Å²) in [5, 5.41) is 4.53. The van der Waals surface area contributed by atoms with Gasteiger partial charge >= 0.3 is 11.9 Å². The Morgan fingerprint density at radius 1 is 1.02 bits per heavy atom. The fourth-order valence-corrected chi connectivity index (χ4v) is 6.67. The predicted octanol–water partition coefficient (Wildman–Crippen LogP) is 4.24. The standard InChI is InChI=1S/C30H44Cl2N2O6/c1-19-11-7-8-14-21(19)29(36)40-26-22(18-23(31)27(25(26)32)39-16-10-9-15-33-2)28(35)34-24(30(37)38-3)17-20-12-5-4-6-13-20/h4-6,12-13,19,21-27,33H,7-11,14-18H2,1-3H3,(H,34,35)/t19?,21?,22?,23?,24-,25?,26?,27?/m0/s1. The van der Waals surface area contributed by atoms with Crippen LogP contribution in [-0.4, -0.2) is 74.2 Å². The van der Waals surface area contributed by atoms with E-state index in [1.807, 2.05) is 37.4 Å². The van der Waals surface area contributed by atoms with Gasteiger partial charge in [0.25, 0.3) is 0 Å². The van der Waals surface area contributed by atoms with Crippen molar-refractivity contribution in [3.8, 4) is 0 Å². The summed E-state index contributed by atoms with van der Waals surface area (Å²) in [5.74, 6) is -2.25. The molecule has 1 aromatic carbocycles. The second-order valence-electron chi connectivity index (χ2n) is 11.0. The Hall–Kier alpha value is -1.87. The van der Waals surface area contributed by atoms with Gasteiger partial charge in [0.15, 0.2) is 0 Å². The molecule has 0 saturated heterocycles. The average molecular weight is 600 g/mol. The molecule has 40 heavy (non-hydrogen) atoms. The Bertz CT molecular complexity index is 951. The fourth-order valence-electron chi connectivity index (χ4n) is 5.69.